The molecule has 24 heavy (non-hydrogen) atoms. The van der Waals surface area contributed by atoms with E-state index in [9.17, 15) is 9.90 Å². The number of hydrogen-bond acceptors (Lipinski definition) is 3. The predicted molar refractivity (Wildman–Crippen MR) is 94.8 cm³/mol. The molecule has 6 heteroatoms. The number of pyridine rings is 1. The topological polar surface area (TPSA) is 74.2 Å². The van der Waals surface area contributed by atoms with Gasteiger partial charge in [0.15, 0.2) is 0 Å². The van der Waals surface area contributed by atoms with Crippen molar-refractivity contribution in [2.45, 2.75) is 31.9 Å². The average molecular weight is 348 g/mol. The SMILES string of the molecule is CC[C@@H](NC(=O)NC[C@@](C)(O)c1ccccc1Cl)c1ccncc1. The van der Waals surface area contributed by atoms with Crippen LogP contribution in [-0.2, 0) is 5.60 Å². The van der Waals surface area contributed by atoms with E-state index in [0.29, 0.717) is 10.6 Å². The number of nitrogens with zero attached hydrogens (tertiary/aromatic N) is 1. The Bertz CT molecular complexity index is 677. The largest absolute Gasteiger partial charge is 0.384 e. The summed E-state index contributed by atoms with van der Waals surface area (Å²) >= 11 is 6.12. The molecule has 2 atom stereocenters. The van der Waals surface area contributed by atoms with Crippen LogP contribution in [0.3, 0.4) is 0 Å². The van der Waals surface area contributed by atoms with Gasteiger partial charge in [-0.3, -0.25) is 4.98 Å². The normalized spacial score (nSPS) is 14.5. The van der Waals surface area contributed by atoms with E-state index in [4.69, 9.17) is 11.6 Å². The monoisotopic (exact) mass is 347 g/mol. The second-order valence-corrected chi connectivity index (χ2v) is 6.23. The van der Waals surface area contributed by atoms with Crippen molar-refractivity contribution in [3.63, 3.8) is 0 Å². The molecule has 1 aromatic carbocycles. The molecule has 0 saturated heterocycles. The van der Waals surface area contributed by atoms with Gasteiger partial charge < -0.3 is 15.7 Å². The molecule has 0 bridgehead atoms. The molecule has 1 heterocycles. The van der Waals surface area contributed by atoms with Crippen molar-refractivity contribution in [2.24, 2.45) is 0 Å². The van der Waals surface area contributed by atoms with Crippen LogP contribution in [0, 0.1) is 0 Å². The first-order valence-electron chi connectivity index (χ1n) is 7.85. The molecular weight excluding hydrogens is 326 g/mol. The van der Waals surface area contributed by atoms with E-state index in [1.165, 1.54) is 0 Å². The Morgan fingerprint density at radius 1 is 1.29 bits per heavy atom. The number of urea groups is 1. The number of amides is 2. The molecule has 0 unspecified atom stereocenters. The molecule has 0 aliphatic heterocycles. The number of rotatable bonds is 6. The van der Waals surface area contributed by atoms with Crippen molar-refractivity contribution >= 4 is 17.6 Å². The van der Waals surface area contributed by atoms with E-state index >= 15 is 0 Å². The molecule has 0 saturated carbocycles. The molecule has 2 rings (SSSR count). The number of benzene rings is 1. The summed E-state index contributed by atoms with van der Waals surface area (Å²) < 4.78 is 0. The maximum atomic E-state index is 12.2. The number of carbonyl (C=O) groups excluding carboxylic acids is 1. The van der Waals surface area contributed by atoms with Gasteiger partial charge in [0.2, 0.25) is 0 Å². The van der Waals surface area contributed by atoms with Crippen molar-refractivity contribution in [1.29, 1.82) is 0 Å². The van der Waals surface area contributed by atoms with Crippen molar-refractivity contribution in [2.75, 3.05) is 6.54 Å². The zero-order chi connectivity index (χ0) is 17.6. The summed E-state index contributed by atoms with van der Waals surface area (Å²) in [5.41, 5.74) is 0.308. The Morgan fingerprint density at radius 2 is 1.96 bits per heavy atom. The molecule has 0 spiro atoms. The van der Waals surface area contributed by atoms with Gasteiger partial charge in [-0.25, -0.2) is 4.79 Å². The van der Waals surface area contributed by atoms with Crippen molar-refractivity contribution in [3.05, 3.63) is 64.9 Å². The highest BCUT2D eigenvalue weighted by Gasteiger charge is 2.26. The lowest BCUT2D eigenvalue weighted by atomic mass is 9.96. The molecule has 0 fully saturated rings. The Morgan fingerprint density at radius 3 is 2.58 bits per heavy atom. The van der Waals surface area contributed by atoms with Crippen LogP contribution in [0.5, 0.6) is 0 Å². The van der Waals surface area contributed by atoms with Gasteiger partial charge in [0.1, 0.15) is 5.60 Å². The van der Waals surface area contributed by atoms with Gasteiger partial charge in [-0.2, -0.15) is 0 Å². The minimum atomic E-state index is -1.26. The van der Waals surface area contributed by atoms with Crippen LogP contribution < -0.4 is 10.6 Å². The summed E-state index contributed by atoms with van der Waals surface area (Å²) in [6, 6.07) is 10.3. The van der Waals surface area contributed by atoms with E-state index in [1.807, 2.05) is 19.1 Å². The first kappa shape index (κ1) is 18.2. The van der Waals surface area contributed by atoms with Gasteiger partial charge in [-0.15, -0.1) is 0 Å². The second-order valence-electron chi connectivity index (χ2n) is 5.82. The summed E-state index contributed by atoms with van der Waals surface area (Å²) in [5, 5.41) is 16.7. The Kier molecular flexibility index (Phi) is 6.17. The molecule has 1 aromatic heterocycles. The maximum absolute atomic E-state index is 12.2. The third-order valence-corrected chi connectivity index (χ3v) is 4.20. The van der Waals surface area contributed by atoms with Crippen molar-refractivity contribution in [1.82, 2.24) is 15.6 Å². The number of carbonyl (C=O) groups is 1. The van der Waals surface area contributed by atoms with Crippen LogP contribution in [0.1, 0.15) is 37.4 Å². The van der Waals surface area contributed by atoms with Crippen LogP contribution in [0.15, 0.2) is 48.8 Å². The summed E-state index contributed by atoms with van der Waals surface area (Å²) in [7, 11) is 0. The summed E-state index contributed by atoms with van der Waals surface area (Å²) in [5.74, 6) is 0. The fourth-order valence-corrected chi connectivity index (χ4v) is 2.81. The average Bonchev–Trinajstić information content (AvgIpc) is 2.59. The predicted octanol–water partition coefficient (Wildman–Crippen LogP) is 3.39. The lowest BCUT2D eigenvalue weighted by Crippen LogP contribution is -2.44. The summed E-state index contributed by atoms with van der Waals surface area (Å²) in [6.45, 7) is 3.66. The highest BCUT2D eigenvalue weighted by Crippen LogP contribution is 2.27. The highest BCUT2D eigenvalue weighted by atomic mass is 35.5. The summed E-state index contributed by atoms with van der Waals surface area (Å²) in [6.07, 6.45) is 4.14. The number of aromatic nitrogens is 1. The van der Waals surface area contributed by atoms with E-state index in [2.05, 4.69) is 15.6 Å². The molecule has 0 aliphatic carbocycles. The van der Waals surface area contributed by atoms with Gasteiger partial charge in [-0.05, 0) is 37.1 Å². The zero-order valence-electron chi connectivity index (χ0n) is 13.8. The molecule has 2 amide bonds. The minimum Gasteiger partial charge on any atom is -0.384 e. The van der Waals surface area contributed by atoms with Crippen LogP contribution in [0.25, 0.3) is 0 Å². The number of nitrogens with one attached hydrogen (secondary N) is 2. The third kappa shape index (κ3) is 4.69. The van der Waals surface area contributed by atoms with Gasteiger partial charge in [0, 0.05) is 23.0 Å². The van der Waals surface area contributed by atoms with Crippen LogP contribution in [0.2, 0.25) is 5.02 Å². The lowest BCUT2D eigenvalue weighted by molar-refractivity contribution is 0.0593. The van der Waals surface area contributed by atoms with E-state index in [1.54, 1.807) is 43.6 Å². The standard InChI is InChI=1S/C18H22ClN3O2/c1-3-16(13-8-10-20-11-9-13)22-17(23)21-12-18(2,24)14-6-4-5-7-15(14)19/h4-11,16,24H,3,12H2,1-2H3,(H2,21,22,23)/t16-,18-/m1/s1. The third-order valence-electron chi connectivity index (χ3n) is 3.87. The number of hydrogen-bond donors (Lipinski definition) is 3. The smallest absolute Gasteiger partial charge is 0.315 e. The molecule has 5 nitrogen and oxygen atoms in total. The second kappa shape index (κ2) is 8.13. The zero-order valence-corrected chi connectivity index (χ0v) is 14.5. The van der Waals surface area contributed by atoms with Gasteiger partial charge in [-0.1, -0.05) is 36.7 Å². The van der Waals surface area contributed by atoms with Gasteiger partial charge in [0.25, 0.3) is 0 Å². The fourth-order valence-electron chi connectivity index (χ4n) is 2.47. The van der Waals surface area contributed by atoms with E-state index in [0.717, 1.165) is 12.0 Å². The van der Waals surface area contributed by atoms with Crippen LogP contribution >= 0.6 is 11.6 Å². The Labute approximate surface area is 147 Å². The first-order chi connectivity index (χ1) is 11.4. The molecule has 0 radical (unpaired) electrons. The first-order valence-corrected chi connectivity index (χ1v) is 8.23. The van der Waals surface area contributed by atoms with Crippen LogP contribution in [0.4, 0.5) is 4.79 Å². The van der Waals surface area contributed by atoms with E-state index < -0.39 is 5.60 Å². The quantitative estimate of drug-likeness (QED) is 0.749. The molecular formula is C18H22ClN3O2. The van der Waals surface area contributed by atoms with Crippen LogP contribution in [-0.4, -0.2) is 22.7 Å². The van der Waals surface area contributed by atoms with E-state index in [-0.39, 0.29) is 18.6 Å². The Balaban J connectivity index is 1.96. The molecule has 2 aromatic rings. The molecule has 3 N–H and O–H groups in total. The molecule has 0 aliphatic rings. The fraction of sp³-hybridized carbons (Fsp3) is 0.333. The molecule has 128 valence electrons. The minimum absolute atomic E-state index is 0.0509. The van der Waals surface area contributed by atoms with Gasteiger partial charge in [0.05, 0.1) is 12.6 Å². The van der Waals surface area contributed by atoms with Crippen molar-refractivity contribution in [3.8, 4) is 0 Å². The number of halogens is 1. The maximum Gasteiger partial charge on any atom is 0.315 e. The van der Waals surface area contributed by atoms with Gasteiger partial charge >= 0.3 is 6.03 Å². The number of aliphatic hydroxyl groups is 1. The van der Waals surface area contributed by atoms with Crippen molar-refractivity contribution < 1.29 is 9.90 Å². The Hall–Kier alpha value is -2.11. The summed E-state index contributed by atoms with van der Waals surface area (Å²) in [4.78, 5) is 16.1. The highest BCUT2D eigenvalue weighted by molar-refractivity contribution is 6.31. The lowest BCUT2D eigenvalue weighted by Gasteiger charge is -2.26.